The van der Waals surface area contributed by atoms with Gasteiger partial charge in [0.2, 0.25) is 0 Å². The summed E-state index contributed by atoms with van der Waals surface area (Å²) in [6.45, 7) is 9.36. The van der Waals surface area contributed by atoms with Gasteiger partial charge >= 0.3 is 0 Å². The van der Waals surface area contributed by atoms with E-state index in [2.05, 4.69) is 19.6 Å². The molecule has 0 saturated heterocycles. The molecule has 0 radical (unpaired) electrons. The van der Waals surface area contributed by atoms with Gasteiger partial charge in [-0.15, -0.1) is 6.58 Å². The van der Waals surface area contributed by atoms with Crippen LogP contribution in [0.5, 0.6) is 0 Å². The van der Waals surface area contributed by atoms with E-state index >= 15 is 0 Å². The fourth-order valence-electron chi connectivity index (χ4n) is 3.48. The summed E-state index contributed by atoms with van der Waals surface area (Å²) in [7, 11) is 0. The van der Waals surface area contributed by atoms with Crippen LogP contribution in [0.25, 0.3) is 0 Å². The predicted molar refractivity (Wildman–Crippen MR) is 83.2 cm³/mol. The molecule has 0 aromatic rings. The molecule has 0 heterocycles. The summed E-state index contributed by atoms with van der Waals surface area (Å²) in [5, 5.41) is 0. The van der Waals surface area contributed by atoms with E-state index in [9.17, 15) is 8.78 Å². The quantitative estimate of drug-likeness (QED) is 0.482. The number of rotatable bonds is 8. The molecule has 1 aliphatic rings. The Morgan fingerprint density at radius 2 is 1.70 bits per heavy atom. The minimum atomic E-state index is -0.784. The first-order valence-electron chi connectivity index (χ1n) is 8.32. The zero-order valence-corrected chi connectivity index (χ0v) is 13.5. The van der Waals surface area contributed by atoms with Crippen LogP contribution in [0.15, 0.2) is 12.7 Å². The molecule has 1 fully saturated rings. The Morgan fingerprint density at radius 3 is 2.15 bits per heavy atom. The van der Waals surface area contributed by atoms with Gasteiger partial charge in [-0.2, -0.15) is 0 Å². The Morgan fingerprint density at radius 1 is 1.10 bits per heavy atom. The number of halogens is 2. The van der Waals surface area contributed by atoms with E-state index < -0.39 is 6.17 Å². The molecule has 0 bridgehead atoms. The van der Waals surface area contributed by atoms with Crippen molar-refractivity contribution in [3.63, 3.8) is 0 Å². The molecule has 1 saturated carbocycles. The highest BCUT2D eigenvalue weighted by Crippen LogP contribution is 2.38. The molecule has 0 aliphatic heterocycles. The summed E-state index contributed by atoms with van der Waals surface area (Å²) in [6, 6.07) is 0. The molecule has 0 aromatic heterocycles. The Labute approximate surface area is 124 Å². The molecule has 0 spiro atoms. The van der Waals surface area contributed by atoms with Crippen molar-refractivity contribution >= 4 is 0 Å². The Balaban J connectivity index is 2.42. The highest BCUT2D eigenvalue weighted by Gasteiger charge is 2.29. The monoisotopic (exact) mass is 286 g/mol. The average Bonchev–Trinajstić information content (AvgIpc) is 2.47. The molecule has 0 amide bonds. The van der Waals surface area contributed by atoms with Gasteiger partial charge < -0.3 is 0 Å². The molecule has 20 heavy (non-hydrogen) atoms. The largest absolute Gasteiger partial charge is 0.251 e. The summed E-state index contributed by atoms with van der Waals surface area (Å²) in [5.74, 6) is 1.89. The summed E-state index contributed by atoms with van der Waals surface area (Å²) in [4.78, 5) is 0. The smallest absolute Gasteiger partial charge is 0.0998 e. The molecular weight excluding hydrogens is 254 g/mol. The van der Waals surface area contributed by atoms with Gasteiger partial charge in [-0.1, -0.05) is 19.9 Å². The maximum Gasteiger partial charge on any atom is 0.0998 e. The fourth-order valence-corrected chi connectivity index (χ4v) is 3.48. The zero-order valence-electron chi connectivity index (χ0n) is 13.5. The summed E-state index contributed by atoms with van der Waals surface area (Å²) < 4.78 is 26.5. The lowest BCUT2D eigenvalue weighted by Crippen LogP contribution is -2.27. The minimum Gasteiger partial charge on any atom is -0.251 e. The van der Waals surface area contributed by atoms with Crippen molar-refractivity contribution in [2.75, 3.05) is 6.67 Å². The van der Waals surface area contributed by atoms with E-state index in [0.717, 1.165) is 12.8 Å². The first-order valence-corrected chi connectivity index (χ1v) is 8.32. The second kappa shape index (κ2) is 8.79. The van der Waals surface area contributed by atoms with Gasteiger partial charge in [-0.25, -0.2) is 4.39 Å². The molecule has 4 atom stereocenters. The van der Waals surface area contributed by atoms with Crippen molar-refractivity contribution in [3.8, 4) is 0 Å². The van der Waals surface area contributed by atoms with Crippen molar-refractivity contribution in [3.05, 3.63) is 12.7 Å². The Kier molecular flexibility index (Phi) is 7.76. The van der Waals surface area contributed by atoms with Gasteiger partial charge in [0.15, 0.2) is 0 Å². The highest BCUT2D eigenvalue weighted by molar-refractivity contribution is 4.86. The van der Waals surface area contributed by atoms with E-state index in [4.69, 9.17) is 0 Å². The first kappa shape index (κ1) is 17.7. The summed E-state index contributed by atoms with van der Waals surface area (Å²) in [6.07, 6.45) is 7.72. The number of hydrogen-bond acceptors (Lipinski definition) is 0. The molecule has 0 nitrogen and oxygen atoms in total. The third-order valence-electron chi connectivity index (χ3n) is 5.61. The third kappa shape index (κ3) is 5.18. The third-order valence-corrected chi connectivity index (χ3v) is 5.61. The second-order valence-electron chi connectivity index (χ2n) is 6.92. The van der Waals surface area contributed by atoms with Gasteiger partial charge in [-0.05, 0) is 75.0 Å². The van der Waals surface area contributed by atoms with E-state index in [1.165, 1.54) is 25.7 Å². The molecule has 118 valence electrons. The van der Waals surface area contributed by atoms with Crippen LogP contribution in [0.4, 0.5) is 8.78 Å². The van der Waals surface area contributed by atoms with Crippen molar-refractivity contribution < 1.29 is 8.78 Å². The lowest BCUT2D eigenvalue weighted by molar-refractivity contribution is 0.136. The van der Waals surface area contributed by atoms with E-state index in [-0.39, 0.29) is 18.5 Å². The van der Waals surface area contributed by atoms with Crippen LogP contribution in [-0.4, -0.2) is 12.8 Å². The molecular formula is C18H32F2. The average molecular weight is 286 g/mol. The molecule has 0 aromatic carbocycles. The minimum absolute atomic E-state index is 0.0488. The fraction of sp³-hybridized carbons (Fsp3) is 0.889. The molecule has 2 heteroatoms. The van der Waals surface area contributed by atoms with Crippen LogP contribution in [0.3, 0.4) is 0 Å². The van der Waals surface area contributed by atoms with Crippen LogP contribution < -0.4 is 0 Å². The number of allylic oxidation sites excluding steroid dienone is 1. The van der Waals surface area contributed by atoms with Crippen molar-refractivity contribution in [2.45, 2.75) is 65.5 Å². The number of hydrogen-bond donors (Lipinski definition) is 0. The lowest BCUT2D eigenvalue weighted by Gasteiger charge is -2.35. The van der Waals surface area contributed by atoms with Crippen LogP contribution in [0.1, 0.15) is 59.3 Å². The van der Waals surface area contributed by atoms with Gasteiger partial charge in [0, 0.05) is 0 Å². The summed E-state index contributed by atoms with van der Waals surface area (Å²) >= 11 is 0. The Bertz CT molecular complexity index is 267. The van der Waals surface area contributed by atoms with Gasteiger partial charge in [0.1, 0.15) is 0 Å². The standard InChI is InChI=1S/C18H32F2/c1-5-16-7-10-17(11-8-16)14(3)18(12-19)9-6-13(2)15(4)20/h5,13-18H,1,6-12H2,2-4H3. The van der Waals surface area contributed by atoms with Crippen molar-refractivity contribution in [2.24, 2.45) is 29.6 Å². The molecule has 1 rings (SSSR count). The van der Waals surface area contributed by atoms with Crippen LogP contribution in [0.2, 0.25) is 0 Å². The van der Waals surface area contributed by atoms with Crippen LogP contribution in [-0.2, 0) is 0 Å². The van der Waals surface area contributed by atoms with E-state index in [1.807, 2.05) is 6.92 Å². The lowest BCUT2D eigenvalue weighted by atomic mass is 9.71. The maximum absolute atomic E-state index is 13.3. The van der Waals surface area contributed by atoms with E-state index in [0.29, 0.717) is 17.8 Å². The normalized spacial score (nSPS) is 29.4. The van der Waals surface area contributed by atoms with E-state index in [1.54, 1.807) is 6.92 Å². The Hall–Kier alpha value is -0.400. The number of alkyl halides is 2. The molecule has 4 unspecified atom stereocenters. The molecule has 0 N–H and O–H groups in total. The van der Waals surface area contributed by atoms with Crippen molar-refractivity contribution in [1.82, 2.24) is 0 Å². The van der Waals surface area contributed by atoms with Gasteiger partial charge in [-0.3, -0.25) is 4.39 Å². The molecule has 1 aliphatic carbocycles. The topological polar surface area (TPSA) is 0 Å². The van der Waals surface area contributed by atoms with Gasteiger partial charge in [0.25, 0.3) is 0 Å². The highest BCUT2D eigenvalue weighted by atomic mass is 19.1. The van der Waals surface area contributed by atoms with Gasteiger partial charge in [0.05, 0.1) is 12.8 Å². The first-order chi connectivity index (χ1) is 9.49. The predicted octanol–water partition coefficient (Wildman–Crippen LogP) is 5.97. The van der Waals surface area contributed by atoms with Crippen LogP contribution in [0, 0.1) is 29.6 Å². The zero-order chi connectivity index (χ0) is 15.1. The summed E-state index contributed by atoms with van der Waals surface area (Å²) in [5.41, 5.74) is 0. The van der Waals surface area contributed by atoms with Crippen LogP contribution >= 0.6 is 0 Å². The SMILES string of the molecule is C=CC1CCC(C(C)C(CF)CCC(C)C(C)F)CC1. The maximum atomic E-state index is 13.3. The second-order valence-corrected chi connectivity index (χ2v) is 6.92. The van der Waals surface area contributed by atoms with Crippen molar-refractivity contribution in [1.29, 1.82) is 0 Å².